The van der Waals surface area contributed by atoms with Gasteiger partial charge in [0.15, 0.2) is 5.84 Å². The fourth-order valence-electron chi connectivity index (χ4n) is 9.14. The van der Waals surface area contributed by atoms with Crippen molar-refractivity contribution in [1.82, 2.24) is 0 Å². The van der Waals surface area contributed by atoms with E-state index in [0.29, 0.717) is 18.2 Å². The summed E-state index contributed by atoms with van der Waals surface area (Å²) in [4.78, 5) is 10.1. The summed E-state index contributed by atoms with van der Waals surface area (Å²) in [6.45, 7) is 2.79. The van der Waals surface area contributed by atoms with Gasteiger partial charge in [-0.1, -0.05) is 169 Å². The molecule has 9 rings (SSSR count). The number of hydrogen-bond donors (Lipinski definition) is 1. The lowest BCUT2D eigenvalue weighted by Crippen LogP contribution is -2.31. The van der Waals surface area contributed by atoms with Crippen molar-refractivity contribution in [2.24, 2.45) is 15.7 Å². The lowest BCUT2D eigenvalue weighted by molar-refractivity contribution is 0.693. The van der Waals surface area contributed by atoms with Gasteiger partial charge < -0.3 is 5.73 Å². The van der Waals surface area contributed by atoms with Gasteiger partial charge in [-0.15, -0.1) is 0 Å². The Balaban J connectivity index is 1.17. The van der Waals surface area contributed by atoms with E-state index in [2.05, 4.69) is 177 Å². The highest BCUT2D eigenvalue weighted by molar-refractivity contribution is 6.12. The number of fused-ring (bicyclic) bond motifs is 3. The predicted octanol–water partition coefficient (Wildman–Crippen LogP) is 13.1. The summed E-state index contributed by atoms with van der Waals surface area (Å²) in [6.07, 6.45) is 36.6. The molecule has 0 heterocycles. The summed E-state index contributed by atoms with van der Waals surface area (Å²) in [5.74, 6) is 1.15. The van der Waals surface area contributed by atoms with Gasteiger partial charge in [-0.2, -0.15) is 0 Å². The minimum absolute atomic E-state index is 0.421. The van der Waals surface area contributed by atoms with Gasteiger partial charge in [0.1, 0.15) is 5.84 Å². The fourth-order valence-corrected chi connectivity index (χ4v) is 9.14. The summed E-state index contributed by atoms with van der Waals surface area (Å²) in [5, 5.41) is 0. The lowest BCUT2D eigenvalue weighted by Gasteiger charge is -2.38. The van der Waals surface area contributed by atoms with Crippen LogP contribution in [0.3, 0.4) is 0 Å². The second kappa shape index (κ2) is 16.0. The molecule has 5 aliphatic carbocycles. The van der Waals surface area contributed by atoms with Gasteiger partial charge in [0.25, 0.3) is 0 Å². The predicted molar refractivity (Wildman–Crippen MR) is 242 cm³/mol. The lowest BCUT2D eigenvalue weighted by atomic mass is 9.63. The van der Waals surface area contributed by atoms with Crippen LogP contribution in [0.25, 0.3) is 33.4 Å². The first kappa shape index (κ1) is 36.3. The first-order valence-electron chi connectivity index (χ1n) is 20.6. The molecular formula is C54H49N3. The molecule has 0 saturated heterocycles. The van der Waals surface area contributed by atoms with Crippen molar-refractivity contribution >= 4 is 11.7 Å². The number of benzene rings is 4. The van der Waals surface area contributed by atoms with Crippen molar-refractivity contribution in [2.45, 2.75) is 57.3 Å². The molecule has 1 atom stereocenters. The Bertz CT molecular complexity index is 2590. The Kier molecular flexibility index (Phi) is 10.2. The number of hydrogen-bond acceptors (Lipinski definition) is 1. The first-order chi connectivity index (χ1) is 28.1. The van der Waals surface area contributed by atoms with Crippen LogP contribution >= 0.6 is 0 Å². The number of nitrogens with two attached hydrogens (primary N) is 1. The molecule has 2 N–H and O–H groups in total. The second-order valence-corrected chi connectivity index (χ2v) is 15.6. The molecule has 0 fully saturated rings. The average Bonchev–Trinajstić information content (AvgIpc) is 3.40. The minimum atomic E-state index is -0.421. The van der Waals surface area contributed by atoms with Crippen molar-refractivity contribution in [3.05, 3.63) is 215 Å². The van der Waals surface area contributed by atoms with Crippen LogP contribution < -0.4 is 5.73 Å². The van der Waals surface area contributed by atoms with E-state index >= 15 is 0 Å². The Labute approximate surface area is 337 Å². The van der Waals surface area contributed by atoms with Crippen molar-refractivity contribution in [1.29, 1.82) is 0 Å². The third kappa shape index (κ3) is 7.04. The standard InChI is InChI=1S/C54H49N3/c1-38-17-13-28-46(34-33-38)54(45-26-9-4-10-27-45)50-32-12-11-29-48(50)49-31-16-30-47(51(49)54)43-24-14-22-41(35-43)42-23-15-25-44(36-42)53(56-37-39-18-5-2-6-19-39)57-52(55)40-20-7-3-8-21-40/h4-5,7,9,11-16,18-26,28-36H,2-3,6,8,10,17,27,37H2,1H3,(H2,55,56,57). The highest BCUT2D eigenvalue weighted by atomic mass is 15.0. The van der Waals surface area contributed by atoms with Crippen LogP contribution in [0.4, 0.5) is 0 Å². The average molecular weight is 740 g/mol. The number of amidine groups is 2. The summed E-state index contributed by atoms with van der Waals surface area (Å²) in [5.41, 5.74) is 23.6. The van der Waals surface area contributed by atoms with Gasteiger partial charge >= 0.3 is 0 Å². The van der Waals surface area contributed by atoms with Gasteiger partial charge in [0, 0.05) is 11.1 Å². The van der Waals surface area contributed by atoms with E-state index in [-0.39, 0.29) is 0 Å². The Morgan fingerprint density at radius 1 is 0.667 bits per heavy atom. The molecule has 0 aromatic heterocycles. The van der Waals surface area contributed by atoms with Crippen molar-refractivity contribution in [3.63, 3.8) is 0 Å². The molecule has 280 valence electrons. The molecule has 0 amide bonds. The van der Waals surface area contributed by atoms with E-state index in [1.165, 1.54) is 55.7 Å². The molecule has 0 spiro atoms. The monoisotopic (exact) mass is 739 g/mol. The van der Waals surface area contributed by atoms with E-state index in [1.807, 2.05) is 0 Å². The maximum atomic E-state index is 6.65. The number of allylic oxidation sites excluding steroid dienone is 14. The molecule has 5 aliphatic rings. The smallest absolute Gasteiger partial charge is 0.157 e. The maximum absolute atomic E-state index is 6.65. The molecule has 0 aliphatic heterocycles. The Morgan fingerprint density at radius 3 is 2.26 bits per heavy atom. The largest absolute Gasteiger partial charge is 0.383 e. The maximum Gasteiger partial charge on any atom is 0.157 e. The van der Waals surface area contributed by atoms with Gasteiger partial charge in [-0.05, 0) is 120 Å². The minimum Gasteiger partial charge on any atom is -0.383 e. The molecule has 4 aromatic carbocycles. The third-order valence-corrected chi connectivity index (χ3v) is 11.9. The molecule has 0 bridgehead atoms. The highest BCUT2D eigenvalue weighted by Crippen LogP contribution is 2.60. The summed E-state index contributed by atoms with van der Waals surface area (Å²) >= 11 is 0. The quantitative estimate of drug-likeness (QED) is 0.142. The van der Waals surface area contributed by atoms with E-state index in [1.54, 1.807) is 0 Å². The molecule has 3 heteroatoms. The molecule has 1 unspecified atom stereocenters. The van der Waals surface area contributed by atoms with Crippen LogP contribution in [0.5, 0.6) is 0 Å². The van der Waals surface area contributed by atoms with Gasteiger partial charge in [0.2, 0.25) is 0 Å². The first-order valence-corrected chi connectivity index (χ1v) is 20.6. The molecule has 0 radical (unpaired) electrons. The van der Waals surface area contributed by atoms with Crippen LogP contribution in [0.1, 0.15) is 68.6 Å². The number of nitrogens with zero attached hydrogens (tertiary/aromatic N) is 2. The Morgan fingerprint density at radius 2 is 1.44 bits per heavy atom. The van der Waals surface area contributed by atoms with Crippen LogP contribution in [0.15, 0.2) is 208 Å². The van der Waals surface area contributed by atoms with E-state index in [9.17, 15) is 0 Å². The highest BCUT2D eigenvalue weighted by Gasteiger charge is 2.49. The summed E-state index contributed by atoms with van der Waals surface area (Å²) in [6, 6.07) is 33.7. The van der Waals surface area contributed by atoms with Gasteiger partial charge in [0.05, 0.1) is 12.0 Å². The molecular weight excluding hydrogens is 691 g/mol. The zero-order valence-corrected chi connectivity index (χ0v) is 32.8. The molecule has 3 nitrogen and oxygen atoms in total. The second-order valence-electron chi connectivity index (χ2n) is 15.6. The molecule has 57 heavy (non-hydrogen) atoms. The number of aliphatic imine (C=N–C) groups is 2. The topological polar surface area (TPSA) is 50.7 Å². The van der Waals surface area contributed by atoms with Crippen molar-refractivity contribution in [2.75, 3.05) is 6.54 Å². The van der Waals surface area contributed by atoms with E-state index in [0.717, 1.165) is 67.2 Å². The van der Waals surface area contributed by atoms with E-state index < -0.39 is 5.41 Å². The van der Waals surface area contributed by atoms with Crippen LogP contribution in [0.2, 0.25) is 0 Å². The third-order valence-electron chi connectivity index (χ3n) is 11.9. The zero-order chi connectivity index (χ0) is 38.6. The zero-order valence-electron chi connectivity index (χ0n) is 32.8. The van der Waals surface area contributed by atoms with Crippen LogP contribution in [-0.4, -0.2) is 18.2 Å². The van der Waals surface area contributed by atoms with Gasteiger partial charge in [-0.25, -0.2) is 4.99 Å². The Hall–Kier alpha value is -6.32. The van der Waals surface area contributed by atoms with Crippen molar-refractivity contribution in [3.8, 4) is 33.4 Å². The van der Waals surface area contributed by atoms with Crippen molar-refractivity contribution < 1.29 is 0 Å². The summed E-state index contributed by atoms with van der Waals surface area (Å²) in [7, 11) is 0. The van der Waals surface area contributed by atoms with Crippen LogP contribution in [-0.2, 0) is 5.41 Å². The summed E-state index contributed by atoms with van der Waals surface area (Å²) < 4.78 is 0. The van der Waals surface area contributed by atoms with Gasteiger partial charge in [-0.3, -0.25) is 4.99 Å². The SMILES string of the molecule is CC1=CC=C(C2(C3=CC=CCC3)c3ccccc3-c3cccc(-c4cccc(-c5cccc(C(/N=C(\N)C6=CCCC=C6)=N/CC6=CCCC=C6)c5)c4)c32)C=CC1. The normalized spacial score (nSPS) is 20.2. The number of rotatable bonds is 8. The molecule has 4 aromatic rings. The van der Waals surface area contributed by atoms with E-state index in [4.69, 9.17) is 15.7 Å². The molecule has 0 saturated carbocycles. The van der Waals surface area contributed by atoms with Crippen LogP contribution in [0, 0.1) is 0 Å². The fraction of sp³-hybridized carbons (Fsp3) is 0.185.